The highest BCUT2D eigenvalue weighted by atomic mass is 35.5. The smallest absolute Gasteiger partial charge is 0.264 e. The number of hydrogen-bond acceptors (Lipinski definition) is 6. The van der Waals surface area contributed by atoms with Crippen molar-refractivity contribution in [2.75, 3.05) is 0 Å². The molecular weight excluding hydrogens is 358 g/mol. The van der Waals surface area contributed by atoms with Crippen molar-refractivity contribution in [2.45, 2.75) is 13.8 Å². The number of halogens is 1. The average Bonchev–Trinajstić information content (AvgIpc) is 2.95. The van der Waals surface area contributed by atoms with Gasteiger partial charge in [0.15, 0.2) is 0 Å². The van der Waals surface area contributed by atoms with Crippen LogP contribution in [0.15, 0.2) is 40.2 Å². The summed E-state index contributed by atoms with van der Waals surface area (Å²) < 4.78 is 0.488. The number of nitrogens with zero attached hydrogens (tertiary/aromatic N) is 5. The molecular formula is C17H12ClN5OS. The minimum Gasteiger partial charge on any atom is -0.264 e. The van der Waals surface area contributed by atoms with Gasteiger partial charge in [-0.25, -0.2) is 4.98 Å². The summed E-state index contributed by atoms with van der Waals surface area (Å²) in [6.45, 7) is 3.90. The van der Waals surface area contributed by atoms with Gasteiger partial charge < -0.3 is 0 Å². The first-order valence-corrected chi connectivity index (χ1v) is 8.69. The Balaban J connectivity index is 1.89. The van der Waals surface area contributed by atoms with Crippen LogP contribution in [0.4, 0.5) is 0 Å². The summed E-state index contributed by atoms with van der Waals surface area (Å²) in [7, 11) is 0. The monoisotopic (exact) mass is 369 g/mol. The second kappa shape index (κ2) is 6.02. The van der Waals surface area contributed by atoms with Crippen LogP contribution in [0.3, 0.4) is 0 Å². The number of aryl methyl sites for hydroxylation is 2. The van der Waals surface area contributed by atoms with E-state index in [0.29, 0.717) is 20.8 Å². The Hall–Kier alpha value is -2.64. The van der Waals surface area contributed by atoms with Gasteiger partial charge >= 0.3 is 5.56 Å². The van der Waals surface area contributed by atoms with E-state index in [1.807, 2.05) is 32.0 Å². The van der Waals surface area contributed by atoms with Gasteiger partial charge in [0, 0.05) is 21.7 Å². The van der Waals surface area contributed by atoms with E-state index in [1.165, 1.54) is 17.6 Å². The molecule has 0 saturated carbocycles. The third-order valence-electron chi connectivity index (χ3n) is 3.78. The Morgan fingerprint density at radius 3 is 2.88 bits per heavy atom. The van der Waals surface area contributed by atoms with Gasteiger partial charge in [-0.15, -0.1) is 16.4 Å². The van der Waals surface area contributed by atoms with Crippen LogP contribution in [0.5, 0.6) is 0 Å². The topological polar surface area (TPSA) is 73.0 Å². The zero-order valence-corrected chi connectivity index (χ0v) is 15.0. The SMILES string of the molecule is Cc1cc(C)c2c(n1)sc1c(=O)n(/N=C\c3ccccc3Cl)nnc12. The summed E-state index contributed by atoms with van der Waals surface area (Å²) in [6.07, 6.45) is 1.49. The van der Waals surface area contributed by atoms with E-state index >= 15 is 0 Å². The first-order chi connectivity index (χ1) is 12.0. The standard InChI is InChI=1S/C17H12ClN5OS/c1-9-7-10(2)20-16-13(9)14-15(25-16)17(24)23(22-21-14)19-8-11-5-3-4-6-12(11)18/h3-8H,1-2H3/b19-8-. The zero-order chi connectivity index (χ0) is 17.6. The van der Waals surface area contributed by atoms with Crippen molar-refractivity contribution in [1.29, 1.82) is 0 Å². The Morgan fingerprint density at radius 1 is 1.28 bits per heavy atom. The Bertz CT molecular complexity index is 1210. The van der Waals surface area contributed by atoms with Crippen LogP contribution in [-0.2, 0) is 0 Å². The maximum atomic E-state index is 12.7. The molecule has 0 fully saturated rings. The number of thiophene rings is 1. The van der Waals surface area contributed by atoms with Crippen LogP contribution < -0.4 is 5.56 Å². The molecule has 4 rings (SSSR count). The van der Waals surface area contributed by atoms with Crippen LogP contribution in [-0.4, -0.2) is 26.3 Å². The van der Waals surface area contributed by atoms with Gasteiger partial charge in [0.05, 0.1) is 6.21 Å². The van der Waals surface area contributed by atoms with Crippen molar-refractivity contribution >= 4 is 49.6 Å². The molecule has 0 aliphatic carbocycles. The predicted octanol–water partition coefficient (Wildman–Crippen LogP) is 3.55. The summed E-state index contributed by atoms with van der Waals surface area (Å²) in [5.74, 6) is 0. The molecule has 0 N–H and O–H groups in total. The fraction of sp³-hybridized carbons (Fsp3) is 0.118. The summed E-state index contributed by atoms with van der Waals surface area (Å²) in [5.41, 5.74) is 2.87. The number of hydrogen-bond donors (Lipinski definition) is 0. The number of rotatable bonds is 2. The Morgan fingerprint density at radius 2 is 2.08 bits per heavy atom. The predicted molar refractivity (Wildman–Crippen MR) is 101 cm³/mol. The van der Waals surface area contributed by atoms with E-state index in [9.17, 15) is 4.79 Å². The second-order valence-electron chi connectivity index (χ2n) is 5.59. The molecule has 6 nitrogen and oxygen atoms in total. The van der Waals surface area contributed by atoms with Crippen molar-refractivity contribution in [3.05, 3.63) is 62.5 Å². The van der Waals surface area contributed by atoms with Crippen LogP contribution in [0, 0.1) is 13.8 Å². The zero-order valence-electron chi connectivity index (χ0n) is 13.4. The quantitative estimate of drug-likeness (QED) is 0.506. The third-order valence-corrected chi connectivity index (χ3v) is 5.18. The summed E-state index contributed by atoms with van der Waals surface area (Å²) >= 11 is 7.40. The van der Waals surface area contributed by atoms with Crippen LogP contribution >= 0.6 is 22.9 Å². The lowest BCUT2D eigenvalue weighted by Gasteiger charge is -1.99. The van der Waals surface area contributed by atoms with E-state index < -0.39 is 0 Å². The van der Waals surface area contributed by atoms with Gasteiger partial charge in [-0.1, -0.05) is 34.6 Å². The van der Waals surface area contributed by atoms with Gasteiger partial charge in [0.25, 0.3) is 0 Å². The molecule has 0 bridgehead atoms. The highest BCUT2D eigenvalue weighted by Crippen LogP contribution is 2.31. The fourth-order valence-corrected chi connectivity index (χ4v) is 3.99. The highest BCUT2D eigenvalue weighted by Gasteiger charge is 2.15. The maximum absolute atomic E-state index is 12.7. The molecule has 4 aromatic rings. The third kappa shape index (κ3) is 2.71. The first-order valence-electron chi connectivity index (χ1n) is 7.50. The lowest BCUT2D eigenvalue weighted by atomic mass is 10.1. The number of pyridine rings is 1. The van der Waals surface area contributed by atoms with E-state index in [0.717, 1.165) is 26.3 Å². The van der Waals surface area contributed by atoms with Crippen molar-refractivity contribution in [3.63, 3.8) is 0 Å². The van der Waals surface area contributed by atoms with Gasteiger partial charge in [0.1, 0.15) is 15.0 Å². The van der Waals surface area contributed by atoms with E-state index in [1.54, 1.807) is 12.1 Å². The maximum Gasteiger partial charge on any atom is 0.309 e. The summed E-state index contributed by atoms with van der Waals surface area (Å²) in [5, 5.41) is 13.6. The molecule has 0 saturated heterocycles. The molecule has 124 valence electrons. The molecule has 0 aliphatic heterocycles. The Kier molecular flexibility index (Phi) is 3.82. The largest absolute Gasteiger partial charge is 0.309 e. The minimum absolute atomic E-state index is 0.326. The van der Waals surface area contributed by atoms with Crippen LogP contribution in [0.1, 0.15) is 16.8 Å². The molecule has 0 atom stereocenters. The lowest BCUT2D eigenvalue weighted by molar-refractivity contribution is 0.643. The van der Waals surface area contributed by atoms with Gasteiger partial charge in [-0.3, -0.25) is 4.79 Å². The molecule has 3 heterocycles. The Labute approximate surface area is 151 Å². The molecule has 1 aromatic carbocycles. The lowest BCUT2D eigenvalue weighted by Crippen LogP contribution is -2.19. The number of benzene rings is 1. The minimum atomic E-state index is -0.326. The molecule has 0 amide bonds. The van der Waals surface area contributed by atoms with Crippen molar-refractivity contribution in [2.24, 2.45) is 5.10 Å². The number of fused-ring (bicyclic) bond motifs is 3. The van der Waals surface area contributed by atoms with Gasteiger partial charge in [0.2, 0.25) is 0 Å². The molecule has 25 heavy (non-hydrogen) atoms. The van der Waals surface area contributed by atoms with Crippen molar-refractivity contribution in [1.82, 2.24) is 20.1 Å². The summed E-state index contributed by atoms with van der Waals surface area (Å²) in [4.78, 5) is 19.0. The molecule has 3 aromatic heterocycles. The second-order valence-corrected chi connectivity index (χ2v) is 7.00. The fourth-order valence-electron chi connectivity index (χ4n) is 2.65. The number of aromatic nitrogens is 4. The first kappa shape index (κ1) is 15.9. The van der Waals surface area contributed by atoms with Crippen molar-refractivity contribution < 1.29 is 0 Å². The van der Waals surface area contributed by atoms with E-state index in [-0.39, 0.29) is 5.56 Å². The molecule has 8 heteroatoms. The molecule has 0 radical (unpaired) electrons. The molecule has 0 unspecified atom stereocenters. The van der Waals surface area contributed by atoms with Gasteiger partial charge in [-0.05, 0) is 36.8 Å². The van der Waals surface area contributed by atoms with E-state index in [2.05, 4.69) is 20.4 Å². The van der Waals surface area contributed by atoms with Crippen LogP contribution in [0.25, 0.3) is 20.4 Å². The molecule has 0 spiro atoms. The van der Waals surface area contributed by atoms with Crippen molar-refractivity contribution in [3.8, 4) is 0 Å². The summed E-state index contributed by atoms with van der Waals surface area (Å²) in [6, 6.07) is 9.19. The van der Waals surface area contributed by atoms with Gasteiger partial charge in [-0.2, -0.15) is 5.10 Å². The average molecular weight is 370 g/mol. The van der Waals surface area contributed by atoms with Crippen LogP contribution in [0.2, 0.25) is 5.02 Å². The van der Waals surface area contributed by atoms with E-state index in [4.69, 9.17) is 11.6 Å². The highest BCUT2D eigenvalue weighted by molar-refractivity contribution is 7.25. The molecule has 0 aliphatic rings. The normalized spacial score (nSPS) is 11.8.